The average Bonchev–Trinajstić information content (AvgIpc) is 3.15. The lowest BCUT2D eigenvalue weighted by Crippen LogP contribution is -2.45. The molecule has 0 saturated heterocycles. The van der Waals surface area contributed by atoms with Crippen LogP contribution in [0.5, 0.6) is 0 Å². The number of esters is 1. The first-order valence-corrected chi connectivity index (χ1v) is 11.4. The predicted octanol–water partition coefficient (Wildman–Crippen LogP) is 1.91. The fourth-order valence-electron chi connectivity index (χ4n) is 2.85. The van der Waals surface area contributed by atoms with Crippen LogP contribution in [0.2, 0.25) is 0 Å². The maximum atomic E-state index is 12.8. The number of nitrogens with one attached hydrogen (secondary N) is 1. The lowest BCUT2D eigenvalue weighted by molar-refractivity contribution is -0.149. The molecule has 0 spiro atoms. The summed E-state index contributed by atoms with van der Waals surface area (Å²) in [6.45, 7) is 9.05. The molecule has 0 aliphatic rings. The Bertz CT molecular complexity index is 1010. The summed E-state index contributed by atoms with van der Waals surface area (Å²) in [5.74, 6) is -0.955. The zero-order chi connectivity index (χ0) is 23.2. The molecule has 10 nitrogen and oxygen atoms in total. The Morgan fingerprint density at radius 3 is 2.45 bits per heavy atom. The van der Waals surface area contributed by atoms with Gasteiger partial charge >= 0.3 is 5.97 Å². The van der Waals surface area contributed by atoms with Crippen LogP contribution in [0.25, 0.3) is 0 Å². The van der Waals surface area contributed by atoms with Gasteiger partial charge in [-0.1, -0.05) is 38.9 Å². The van der Waals surface area contributed by atoms with Crippen LogP contribution in [0.15, 0.2) is 33.7 Å². The van der Waals surface area contributed by atoms with Gasteiger partial charge in [0.15, 0.2) is 12.4 Å². The lowest BCUT2D eigenvalue weighted by Gasteiger charge is -2.21. The normalized spacial score (nSPS) is 12.7. The van der Waals surface area contributed by atoms with Gasteiger partial charge in [0, 0.05) is 18.7 Å². The highest BCUT2D eigenvalue weighted by atomic mass is 32.2. The largest absolute Gasteiger partial charge is 0.454 e. The van der Waals surface area contributed by atoms with E-state index in [4.69, 9.17) is 9.26 Å². The fraction of sp³-hybridized carbons (Fsp3) is 0.500. The Kier molecular flexibility index (Phi) is 8.28. The van der Waals surface area contributed by atoms with E-state index in [1.165, 1.54) is 28.6 Å². The number of aryl methyl sites for hydroxylation is 1. The maximum absolute atomic E-state index is 12.8. The topological polar surface area (TPSA) is 132 Å². The van der Waals surface area contributed by atoms with Gasteiger partial charge in [0.1, 0.15) is 6.04 Å². The van der Waals surface area contributed by atoms with E-state index >= 15 is 0 Å². The van der Waals surface area contributed by atoms with E-state index in [0.29, 0.717) is 18.9 Å². The summed E-state index contributed by atoms with van der Waals surface area (Å²) in [6, 6.07) is 4.77. The van der Waals surface area contributed by atoms with Gasteiger partial charge in [-0.25, -0.2) is 13.2 Å². The van der Waals surface area contributed by atoms with Crippen LogP contribution in [-0.4, -0.2) is 53.9 Å². The van der Waals surface area contributed by atoms with Crippen LogP contribution >= 0.6 is 0 Å². The zero-order valence-corrected chi connectivity index (χ0v) is 19.1. The van der Waals surface area contributed by atoms with E-state index < -0.39 is 27.9 Å². The molecule has 11 heteroatoms. The molecule has 2 aromatic rings. The van der Waals surface area contributed by atoms with Gasteiger partial charge in [0.25, 0.3) is 11.8 Å². The van der Waals surface area contributed by atoms with E-state index in [1.807, 2.05) is 0 Å². The van der Waals surface area contributed by atoms with E-state index in [9.17, 15) is 18.0 Å². The number of rotatable bonds is 10. The third-order valence-electron chi connectivity index (χ3n) is 4.55. The van der Waals surface area contributed by atoms with Crippen LogP contribution < -0.4 is 5.32 Å². The molecule has 0 fully saturated rings. The molecule has 0 unspecified atom stereocenters. The monoisotopic (exact) mass is 452 g/mol. The molecule has 0 aliphatic carbocycles. The molecule has 0 radical (unpaired) electrons. The minimum absolute atomic E-state index is 0.0132. The highest BCUT2D eigenvalue weighted by Gasteiger charge is 2.28. The van der Waals surface area contributed by atoms with Crippen LogP contribution in [0.1, 0.15) is 49.8 Å². The summed E-state index contributed by atoms with van der Waals surface area (Å²) in [4.78, 5) is 29.2. The van der Waals surface area contributed by atoms with Crippen molar-refractivity contribution < 1.29 is 27.3 Å². The average molecular weight is 453 g/mol. The quantitative estimate of drug-likeness (QED) is 0.541. The summed E-state index contributed by atoms with van der Waals surface area (Å²) < 4.78 is 36.9. The molecule has 0 aliphatic heterocycles. The number of amides is 1. The molecule has 1 atom stereocenters. The zero-order valence-electron chi connectivity index (χ0n) is 18.3. The highest BCUT2D eigenvalue weighted by Crippen LogP contribution is 2.17. The van der Waals surface area contributed by atoms with Crippen molar-refractivity contribution in [3.05, 3.63) is 41.5 Å². The molecule has 170 valence electrons. The van der Waals surface area contributed by atoms with E-state index in [0.717, 1.165) is 0 Å². The molecular weight excluding hydrogens is 424 g/mol. The van der Waals surface area contributed by atoms with Crippen molar-refractivity contribution >= 4 is 21.9 Å². The summed E-state index contributed by atoms with van der Waals surface area (Å²) in [5, 5.41) is 6.24. The molecule has 1 heterocycles. The molecule has 2 rings (SSSR count). The first kappa shape index (κ1) is 24.5. The number of carbonyl (C=O) groups is 2. The van der Waals surface area contributed by atoms with Crippen molar-refractivity contribution in [3.8, 4) is 0 Å². The van der Waals surface area contributed by atoms with Crippen molar-refractivity contribution in [1.29, 1.82) is 0 Å². The second-order valence-corrected chi connectivity index (χ2v) is 9.09. The standard InChI is InChI=1S/C20H28N4O6S/c1-6-24(7-2)31(27,28)16-10-8-9-15(11-16)19(25)22-18(13(3)4)20(26)29-12-17-21-14(5)23-30-17/h8-11,13,18H,6-7,12H2,1-5H3,(H,22,25)/t18-/m0/s1. The molecular formula is C20H28N4O6S. The van der Waals surface area contributed by atoms with Crippen LogP contribution in [0, 0.1) is 12.8 Å². The first-order valence-electron chi connectivity index (χ1n) is 9.97. The molecule has 1 N–H and O–H groups in total. The van der Waals surface area contributed by atoms with Gasteiger partial charge in [0.05, 0.1) is 4.90 Å². The Labute approximate surface area is 182 Å². The summed E-state index contributed by atoms with van der Waals surface area (Å²) in [7, 11) is -3.72. The van der Waals surface area contributed by atoms with Gasteiger partial charge in [-0.2, -0.15) is 9.29 Å². The number of carbonyl (C=O) groups excluding carboxylic acids is 2. The number of hydrogen-bond acceptors (Lipinski definition) is 8. The highest BCUT2D eigenvalue weighted by molar-refractivity contribution is 7.89. The summed E-state index contributed by atoms with van der Waals surface area (Å²) >= 11 is 0. The number of nitrogens with zero attached hydrogens (tertiary/aromatic N) is 3. The molecule has 1 aromatic carbocycles. The predicted molar refractivity (Wildman–Crippen MR) is 111 cm³/mol. The third-order valence-corrected chi connectivity index (χ3v) is 6.60. The van der Waals surface area contributed by atoms with Crippen molar-refractivity contribution in [2.75, 3.05) is 13.1 Å². The SMILES string of the molecule is CCN(CC)S(=O)(=O)c1cccc(C(=O)N[C@H](C(=O)OCc2nc(C)no2)C(C)C)c1. The maximum Gasteiger partial charge on any atom is 0.329 e. The van der Waals surface area contributed by atoms with Crippen molar-refractivity contribution in [3.63, 3.8) is 0 Å². The van der Waals surface area contributed by atoms with E-state index in [-0.39, 0.29) is 28.9 Å². The van der Waals surface area contributed by atoms with Crippen molar-refractivity contribution in [2.24, 2.45) is 5.92 Å². The second-order valence-electron chi connectivity index (χ2n) is 7.16. The second kappa shape index (κ2) is 10.5. The number of aromatic nitrogens is 2. The minimum atomic E-state index is -3.72. The van der Waals surface area contributed by atoms with Crippen molar-refractivity contribution in [1.82, 2.24) is 19.8 Å². The summed E-state index contributed by atoms with van der Waals surface area (Å²) in [5.41, 5.74) is 0.124. The van der Waals surface area contributed by atoms with Gasteiger partial charge in [0.2, 0.25) is 10.0 Å². The third kappa shape index (κ3) is 6.11. The minimum Gasteiger partial charge on any atom is -0.454 e. The van der Waals surface area contributed by atoms with Gasteiger partial charge in [-0.15, -0.1) is 0 Å². The molecule has 31 heavy (non-hydrogen) atoms. The van der Waals surface area contributed by atoms with Crippen molar-refractivity contribution in [2.45, 2.75) is 52.2 Å². The van der Waals surface area contributed by atoms with Crippen LogP contribution in [-0.2, 0) is 26.2 Å². The van der Waals surface area contributed by atoms with Gasteiger partial charge in [-0.05, 0) is 31.0 Å². The molecule has 1 amide bonds. The first-order chi connectivity index (χ1) is 14.6. The Balaban J connectivity index is 2.14. The van der Waals surface area contributed by atoms with E-state index in [2.05, 4.69) is 15.5 Å². The lowest BCUT2D eigenvalue weighted by atomic mass is 10.0. The Morgan fingerprint density at radius 1 is 1.23 bits per heavy atom. The molecule has 0 bridgehead atoms. The number of sulfonamides is 1. The molecule has 0 saturated carbocycles. The fourth-order valence-corrected chi connectivity index (χ4v) is 4.36. The Hall–Kier alpha value is -2.79. The smallest absolute Gasteiger partial charge is 0.329 e. The number of benzene rings is 1. The molecule has 1 aromatic heterocycles. The Morgan fingerprint density at radius 2 is 1.90 bits per heavy atom. The van der Waals surface area contributed by atoms with E-state index in [1.54, 1.807) is 34.6 Å². The number of hydrogen-bond donors (Lipinski definition) is 1. The number of ether oxygens (including phenoxy) is 1. The van der Waals surface area contributed by atoms with Crippen LogP contribution in [0.3, 0.4) is 0 Å². The van der Waals surface area contributed by atoms with Gasteiger partial charge < -0.3 is 14.6 Å². The summed E-state index contributed by atoms with van der Waals surface area (Å²) in [6.07, 6.45) is 0. The van der Waals surface area contributed by atoms with Crippen LogP contribution in [0.4, 0.5) is 0 Å². The van der Waals surface area contributed by atoms with Gasteiger partial charge in [-0.3, -0.25) is 4.79 Å².